The molecule has 0 amide bonds. The first-order chi connectivity index (χ1) is 6.65. The lowest BCUT2D eigenvalue weighted by molar-refractivity contribution is 0.188. The third kappa shape index (κ3) is 2.79. The Bertz CT molecular complexity index is 273. The Morgan fingerprint density at radius 3 is 2.43 bits per heavy atom. The van der Waals surface area contributed by atoms with Crippen molar-refractivity contribution >= 4 is 0 Å². The lowest BCUT2D eigenvalue weighted by atomic mass is 10.1. The fraction of sp³-hybridized carbons (Fsp3) is 0.455. The highest BCUT2D eigenvalue weighted by molar-refractivity contribution is 5.19. The van der Waals surface area contributed by atoms with Crippen molar-refractivity contribution < 1.29 is 9.50 Å². The predicted octanol–water partition coefficient (Wildman–Crippen LogP) is 1.81. The minimum absolute atomic E-state index is 0.141. The molecule has 0 bridgehead atoms. The average molecular weight is 197 g/mol. The van der Waals surface area contributed by atoms with Gasteiger partial charge in [-0.15, -0.1) is 0 Å². The molecular weight excluding hydrogens is 181 g/mol. The second-order valence-electron chi connectivity index (χ2n) is 3.43. The highest BCUT2D eigenvalue weighted by atomic mass is 19.1. The second kappa shape index (κ2) is 5.08. The number of aliphatic hydroxyl groups excluding tert-OH is 1. The van der Waals surface area contributed by atoms with Gasteiger partial charge in [0.05, 0.1) is 6.61 Å². The summed E-state index contributed by atoms with van der Waals surface area (Å²) in [7, 11) is 1.93. The molecule has 1 N–H and O–H groups in total. The molecule has 14 heavy (non-hydrogen) atoms. The molecule has 1 aromatic rings. The van der Waals surface area contributed by atoms with E-state index in [0.717, 1.165) is 5.56 Å². The van der Waals surface area contributed by atoms with Crippen LogP contribution in [0, 0.1) is 5.82 Å². The van der Waals surface area contributed by atoms with E-state index in [0.29, 0.717) is 6.54 Å². The van der Waals surface area contributed by atoms with E-state index < -0.39 is 0 Å². The van der Waals surface area contributed by atoms with Crippen LogP contribution in [0.1, 0.15) is 18.5 Å². The summed E-state index contributed by atoms with van der Waals surface area (Å²) in [5.74, 6) is -0.217. The molecule has 78 valence electrons. The normalized spacial score (nSPS) is 13.2. The van der Waals surface area contributed by atoms with E-state index in [1.54, 1.807) is 12.1 Å². The molecule has 0 aliphatic rings. The molecule has 0 aliphatic carbocycles. The maximum atomic E-state index is 12.6. The lowest BCUT2D eigenvalue weighted by Crippen LogP contribution is -2.25. The van der Waals surface area contributed by atoms with Crippen molar-refractivity contribution in [1.29, 1.82) is 0 Å². The third-order valence-corrected chi connectivity index (χ3v) is 2.47. The average Bonchev–Trinajstić information content (AvgIpc) is 2.18. The van der Waals surface area contributed by atoms with Gasteiger partial charge in [-0.3, -0.25) is 4.90 Å². The highest BCUT2D eigenvalue weighted by Crippen LogP contribution is 2.18. The summed E-state index contributed by atoms with van der Waals surface area (Å²) in [6.07, 6.45) is 0. The van der Waals surface area contributed by atoms with Crippen molar-refractivity contribution in [1.82, 2.24) is 4.90 Å². The lowest BCUT2D eigenvalue weighted by Gasteiger charge is -2.24. The molecule has 0 radical (unpaired) electrons. The van der Waals surface area contributed by atoms with Crippen molar-refractivity contribution in [3.05, 3.63) is 35.6 Å². The number of likely N-dealkylation sites (N-methyl/N-ethyl adjacent to an activating group) is 1. The molecule has 0 unspecified atom stereocenters. The summed E-state index contributed by atoms with van der Waals surface area (Å²) >= 11 is 0. The Balaban J connectivity index is 2.68. The molecule has 0 fully saturated rings. The van der Waals surface area contributed by atoms with E-state index in [2.05, 4.69) is 0 Å². The standard InChI is InChI=1S/C11H16FNO/c1-9(13(2)7-8-14)10-3-5-11(12)6-4-10/h3-6,9,14H,7-8H2,1-2H3/t9-/m1/s1. The number of hydrogen-bond donors (Lipinski definition) is 1. The maximum Gasteiger partial charge on any atom is 0.123 e. The Hall–Kier alpha value is -0.930. The minimum atomic E-state index is -0.217. The van der Waals surface area contributed by atoms with Crippen LogP contribution in [-0.4, -0.2) is 30.2 Å². The van der Waals surface area contributed by atoms with Gasteiger partial charge in [0.15, 0.2) is 0 Å². The van der Waals surface area contributed by atoms with Gasteiger partial charge in [-0.25, -0.2) is 4.39 Å². The van der Waals surface area contributed by atoms with Crippen LogP contribution in [0.5, 0.6) is 0 Å². The molecular formula is C11H16FNO. The molecule has 0 spiro atoms. The van der Waals surface area contributed by atoms with Crippen molar-refractivity contribution in [3.8, 4) is 0 Å². The van der Waals surface area contributed by atoms with Gasteiger partial charge in [0.2, 0.25) is 0 Å². The van der Waals surface area contributed by atoms with Crippen molar-refractivity contribution in [2.45, 2.75) is 13.0 Å². The molecule has 1 atom stereocenters. The van der Waals surface area contributed by atoms with Gasteiger partial charge in [0.1, 0.15) is 5.82 Å². The van der Waals surface area contributed by atoms with Crippen molar-refractivity contribution in [2.75, 3.05) is 20.2 Å². The van der Waals surface area contributed by atoms with E-state index in [-0.39, 0.29) is 18.5 Å². The first-order valence-corrected chi connectivity index (χ1v) is 4.71. The monoisotopic (exact) mass is 197 g/mol. The van der Waals surface area contributed by atoms with Crippen LogP contribution in [0.3, 0.4) is 0 Å². The first-order valence-electron chi connectivity index (χ1n) is 4.71. The fourth-order valence-corrected chi connectivity index (χ4v) is 1.35. The fourth-order valence-electron chi connectivity index (χ4n) is 1.35. The van der Waals surface area contributed by atoms with E-state index in [1.165, 1.54) is 12.1 Å². The van der Waals surface area contributed by atoms with Gasteiger partial charge >= 0.3 is 0 Å². The van der Waals surface area contributed by atoms with E-state index in [1.807, 2.05) is 18.9 Å². The Morgan fingerprint density at radius 2 is 1.93 bits per heavy atom. The summed E-state index contributed by atoms with van der Waals surface area (Å²) < 4.78 is 12.6. The Kier molecular flexibility index (Phi) is 4.04. The molecule has 2 nitrogen and oxygen atoms in total. The topological polar surface area (TPSA) is 23.5 Å². The molecule has 0 aromatic heterocycles. The molecule has 3 heteroatoms. The quantitative estimate of drug-likeness (QED) is 0.795. The summed E-state index contributed by atoms with van der Waals surface area (Å²) in [5.41, 5.74) is 1.06. The largest absolute Gasteiger partial charge is 0.395 e. The number of halogens is 1. The second-order valence-corrected chi connectivity index (χ2v) is 3.43. The van der Waals surface area contributed by atoms with Gasteiger partial charge in [0, 0.05) is 12.6 Å². The molecule has 0 saturated carbocycles. The van der Waals surface area contributed by atoms with Crippen LogP contribution >= 0.6 is 0 Å². The maximum absolute atomic E-state index is 12.6. The first kappa shape index (κ1) is 11.1. The van der Waals surface area contributed by atoms with Crippen LogP contribution < -0.4 is 0 Å². The Morgan fingerprint density at radius 1 is 1.36 bits per heavy atom. The van der Waals surface area contributed by atoms with Gasteiger partial charge in [-0.05, 0) is 31.7 Å². The number of aliphatic hydroxyl groups is 1. The summed E-state index contributed by atoms with van der Waals surface area (Å²) in [6, 6.07) is 6.65. The zero-order chi connectivity index (χ0) is 10.6. The van der Waals surface area contributed by atoms with Gasteiger partial charge in [-0.2, -0.15) is 0 Å². The van der Waals surface area contributed by atoms with E-state index >= 15 is 0 Å². The van der Waals surface area contributed by atoms with E-state index in [9.17, 15) is 4.39 Å². The minimum Gasteiger partial charge on any atom is -0.395 e. The SMILES string of the molecule is C[C@H](c1ccc(F)cc1)N(C)CCO. The van der Waals surface area contributed by atoms with Crippen LogP contribution in [0.25, 0.3) is 0 Å². The molecule has 1 aromatic carbocycles. The third-order valence-electron chi connectivity index (χ3n) is 2.47. The highest BCUT2D eigenvalue weighted by Gasteiger charge is 2.10. The number of nitrogens with zero attached hydrogens (tertiary/aromatic N) is 1. The number of rotatable bonds is 4. The Labute approximate surface area is 84.0 Å². The molecule has 0 heterocycles. The smallest absolute Gasteiger partial charge is 0.123 e. The number of hydrogen-bond acceptors (Lipinski definition) is 2. The van der Waals surface area contributed by atoms with Crippen molar-refractivity contribution in [3.63, 3.8) is 0 Å². The van der Waals surface area contributed by atoms with Crippen LogP contribution in [-0.2, 0) is 0 Å². The van der Waals surface area contributed by atoms with Gasteiger partial charge in [-0.1, -0.05) is 12.1 Å². The zero-order valence-electron chi connectivity index (χ0n) is 8.57. The van der Waals surface area contributed by atoms with Crippen LogP contribution in [0.4, 0.5) is 4.39 Å². The van der Waals surface area contributed by atoms with Gasteiger partial charge in [0.25, 0.3) is 0 Å². The summed E-state index contributed by atoms with van der Waals surface area (Å²) in [6.45, 7) is 2.80. The number of benzene rings is 1. The summed E-state index contributed by atoms with van der Waals surface area (Å²) in [5, 5.41) is 8.77. The van der Waals surface area contributed by atoms with Crippen LogP contribution in [0.15, 0.2) is 24.3 Å². The van der Waals surface area contributed by atoms with Gasteiger partial charge < -0.3 is 5.11 Å². The zero-order valence-corrected chi connectivity index (χ0v) is 8.57. The molecule has 0 aliphatic heterocycles. The van der Waals surface area contributed by atoms with E-state index in [4.69, 9.17) is 5.11 Å². The van der Waals surface area contributed by atoms with Crippen LogP contribution in [0.2, 0.25) is 0 Å². The summed E-state index contributed by atoms with van der Waals surface area (Å²) in [4.78, 5) is 2.02. The predicted molar refractivity (Wildman–Crippen MR) is 54.5 cm³/mol. The van der Waals surface area contributed by atoms with Crippen molar-refractivity contribution in [2.24, 2.45) is 0 Å². The molecule has 0 saturated heterocycles. The molecule has 1 rings (SSSR count).